The van der Waals surface area contributed by atoms with E-state index in [1.807, 2.05) is 30.3 Å². The van der Waals surface area contributed by atoms with E-state index >= 15 is 0 Å². The van der Waals surface area contributed by atoms with Crippen LogP contribution in [0.2, 0.25) is 0 Å². The zero-order valence-corrected chi connectivity index (χ0v) is 17.1. The van der Waals surface area contributed by atoms with Crippen molar-refractivity contribution in [3.8, 4) is 0 Å². The number of nitrogens with one attached hydrogen (secondary N) is 2. The Labute approximate surface area is 168 Å². The number of carbonyl (C=O) groups is 1. The summed E-state index contributed by atoms with van der Waals surface area (Å²) in [6, 6.07) is 16.0. The Morgan fingerprint density at radius 1 is 1.15 bits per heavy atom. The molecule has 1 aliphatic rings. The van der Waals surface area contributed by atoms with Gasteiger partial charge in [0.05, 0.1) is 5.56 Å². The van der Waals surface area contributed by atoms with Crippen molar-refractivity contribution in [3.05, 3.63) is 58.6 Å². The van der Waals surface area contributed by atoms with E-state index in [-0.39, 0.29) is 11.0 Å². The van der Waals surface area contributed by atoms with Gasteiger partial charge >= 0.3 is 0 Å². The van der Waals surface area contributed by atoms with Crippen LogP contribution >= 0.6 is 28.1 Å². The fraction of sp³-hybridized carbons (Fsp3) is 0.300. The summed E-state index contributed by atoms with van der Waals surface area (Å²) in [6.45, 7) is 3.38. The van der Waals surface area contributed by atoms with Gasteiger partial charge in [0.1, 0.15) is 0 Å². The lowest BCUT2D eigenvalue weighted by Gasteiger charge is -2.35. The molecule has 3 rings (SSSR count). The predicted molar refractivity (Wildman–Crippen MR) is 115 cm³/mol. The van der Waals surface area contributed by atoms with E-state index in [2.05, 4.69) is 50.5 Å². The molecule has 1 atom stereocenters. The van der Waals surface area contributed by atoms with Crippen molar-refractivity contribution in [2.45, 2.75) is 32.2 Å². The normalized spacial score (nSPS) is 16.8. The first-order valence-corrected chi connectivity index (χ1v) is 9.98. The first-order chi connectivity index (χ1) is 12.5. The average molecular weight is 432 g/mol. The van der Waals surface area contributed by atoms with E-state index in [0.717, 1.165) is 16.7 Å². The molecule has 1 saturated heterocycles. The van der Waals surface area contributed by atoms with Gasteiger partial charge in [-0.3, -0.25) is 10.1 Å². The number of nitrogens with zero attached hydrogens (tertiary/aromatic N) is 1. The van der Waals surface area contributed by atoms with E-state index in [1.54, 1.807) is 6.07 Å². The highest BCUT2D eigenvalue weighted by Crippen LogP contribution is 2.25. The summed E-state index contributed by atoms with van der Waals surface area (Å²) in [4.78, 5) is 14.7. The standard InChI is InChI=1S/C20H22BrN3OS/c1-14-6-4-5-13-24(14)16-11-9-15(10-12-16)22-20(26)23-19(25)17-7-2-3-8-18(17)21/h2-3,7-12,14H,4-6,13H2,1H3,(H2,22,23,25,26). The van der Waals surface area contributed by atoms with E-state index in [0.29, 0.717) is 11.6 Å². The second-order valence-corrected chi connectivity index (χ2v) is 7.74. The summed E-state index contributed by atoms with van der Waals surface area (Å²) in [7, 11) is 0. The molecule has 0 spiro atoms. The molecule has 0 aromatic heterocycles. The van der Waals surface area contributed by atoms with Crippen LogP contribution in [-0.2, 0) is 0 Å². The maximum atomic E-state index is 12.3. The number of anilines is 2. The number of halogens is 1. The van der Waals surface area contributed by atoms with Crippen molar-refractivity contribution in [1.29, 1.82) is 0 Å². The second-order valence-electron chi connectivity index (χ2n) is 6.47. The Hall–Kier alpha value is -1.92. The molecule has 0 saturated carbocycles. The van der Waals surface area contributed by atoms with Crippen molar-refractivity contribution >= 4 is 50.5 Å². The van der Waals surface area contributed by atoms with Crippen LogP contribution in [0.25, 0.3) is 0 Å². The Morgan fingerprint density at radius 2 is 1.88 bits per heavy atom. The van der Waals surface area contributed by atoms with Crippen molar-refractivity contribution in [2.24, 2.45) is 0 Å². The molecular weight excluding hydrogens is 410 g/mol. The van der Waals surface area contributed by atoms with Gasteiger partial charge in [0.15, 0.2) is 5.11 Å². The monoisotopic (exact) mass is 431 g/mol. The van der Waals surface area contributed by atoms with Gasteiger partial charge in [0.2, 0.25) is 0 Å². The molecule has 26 heavy (non-hydrogen) atoms. The smallest absolute Gasteiger partial charge is 0.258 e. The Morgan fingerprint density at radius 3 is 2.58 bits per heavy atom. The summed E-state index contributed by atoms with van der Waals surface area (Å²) < 4.78 is 0.736. The molecule has 2 aromatic rings. The van der Waals surface area contributed by atoms with E-state index < -0.39 is 0 Å². The van der Waals surface area contributed by atoms with Gasteiger partial charge in [-0.2, -0.15) is 0 Å². The molecule has 4 nitrogen and oxygen atoms in total. The van der Waals surface area contributed by atoms with E-state index in [1.165, 1.54) is 24.9 Å². The number of piperidine rings is 1. The average Bonchev–Trinajstić information content (AvgIpc) is 2.63. The first kappa shape index (κ1) is 18.9. The molecule has 1 fully saturated rings. The van der Waals surface area contributed by atoms with Crippen molar-refractivity contribution < 1.29 is 4.79 Å². The largest absolute Gasteiger partial charge is 0.369 e. The highest BCUT2D eigenvalue weighted by Gasteiger charge is 2.18. The lowest BCUT2D eigenvalue weighted by Crippen LogP contribution is -2.37. The van der Waals surface area contributed by atoms with Crippen LogP contribution in [0.15, 0.2) is 53.0 Å². The van der Waals surface area contributed by atoms with Gasteiger partial charge < -0.3 is 10.2 Å². The Kier molecular flexibility index (Phi) is 6.27. The predicted octanol–water partition coefficient (Wildman–Crippen LogP) is 4.95. The summed E-state index contributed by atoms with van der Waals surface area (Å²) in [5.74, 6) is -0.242. The molecule has 0 radical (unpaired) electrons. The third-order valence-electron chi connectivity index (χ3n) is 4.61. The third kappa shape index (κ3) is 4.62. The topological polar surface area (TPSA) is 44.4 Å². The number of hydrogen-bond acceptors (Lipinski definition) is 3. The number of benzene rings is 2. The van der Waals surface area contributed by atoms with Gasteiger partial charge in [-0.25, -0.2) is 0 Å². The van der Waals surface area contributed by atoms with Gasteiger partial charge in [-0.05, 0) is 90.7 Å². The first-order valence-electron chi connectivity index (χ1n) is 8.78. The zero-order chi connectivity index (χ0) is 18.5. The summed E-state index contributed by atoms with van der Waals surface area (Å²) in [6.07, 6.45) is 3.80. The molecule has 1 amide bonds. The minimum absolute atomic E-state index is 0.242. The summed E-state index contributed by atoms with van der Waals surface area (Å²) in [5, 5.41) is 6.06. The number of amides is 1. The van der Waals surface area contributed by atoms with Crippen molar-refractivity contribution in [3.63, 3.8) is 0 Å². The van der Waals surface area contributed by atoms with Gasteiger partial charge in [-0.15, -0.1) is 0 Å². The molecule has 1 aliphatic heterocycles. The zero-order valence-electron chi connectivity index (χ0n) is 14.7. The number of rotatable bonds is 3. The van der Waals surface area contributed by atoms with Gasteiger partial charge in [0.25, 0.3) is 5.91 Å². The van der Waals surface area contributed by atoms with Crippen LogP contribution in [-0.4, -0.2) is 23.6 Å². The van der Waals surface area contributed by atoms with Gasteiger partial charge in [-0.1, -0.05) is 12.1 Å². The molecule has 2 N–H and O–H groups in total. The molecule has 6 heteroatoms. The highest BCUT2D eigenvalue weighted by atomic mass is 79.9. The van der Waals surface area contributed by atoms with Crippen LogP contribution in [0.3, 0.4) is 0 Å². The summed E-state index contributed by atoms with van der Waals surface area (Å²) in [5.41, 5.74) is 2.63. The Bertz CT molecular complexity index is 794. The fourth-order valence-corrected chi connectivity index (χ4v) is 3.87. The van der Waals surface area contributed by atoms with Crippen molar-refractivity contribution in [2.75, 3.05) is 16.8 Å². The van der Waals surface area contributed by atoms with E-state index in [9.17, 15) is 4.79 Å². The SMILES string of the molecule is CC1CCCCN1c1ccc(NC(=S)NC(=O)c2ccccc2Br)cc1. The maximum Gasteiger partial charge on any atom is 0.258 e. The van der Waals surface area contributed by atoms with Crippen LogP contribution < -0.4 is 15.5 Å². The Balaban J connectivity index is 1.59. The number of carbonyl (C=O) groups excluding carboxylic acids is 1. The minimum Gasteiger partial charge on any atom is -0.369 e. The molecular formula is C20H22BrN3OS. The van der Waals surface area contributed by atoms with Crippen LogP contribution in [0, 0.1) is 0 Å². The highest BCUT2D eigenvalue weighted by molar-refractivity contribution is 9.10. The molecule has 2 aromatic carbocycles. The molecule has 0 bridgehead atoms. The molecule has 1 unspecified atom stereocenters. The molecule has 0 aliphatic carbocycles. The molecule has 1 heterocycles. The quantitative estimate of drug-likeness (QED) is 0.674. The van der Waals surface area contributed by atoms with Crippen molar-refractivity contribution in [1.82, 2.24) is 5.32 Å². The van der Waals surface area contributed by atoms with Crippen LogP contribution in [0.4, 0.5) is 11.4 Å². The van der Waals surface area contributed by atoms with Crippen LogP contribution in [0.5, 0.6) is 0 Å². The fourth-order valence-electron chi connectivity index (χ4n) is 3.20. The lowest BCUT2D eigenvalue weighted by atomic mass is 10.0. The molecule has 136 valence electrons. The lowest BCUT2D eigenvalue weighted by molar-refractivity contribution is 0.0977. The van der Waals surface area contributed by atoms with Gasteiger partial charge in [0, 0.05) is 28.4 Å². The summed E-state index contributed by atoms with van der Waals surface area (Å²) >= 11 is 8.64. The maximum absolute atomic E-state index is 12.3. The third-order valence-corrected chi connectivity index (χ3v) is 5.50. The minimum atomic E-state index is -0.242. The van der Waals surface area contributed by atoms with E-state index in [4.69, 9.17) is 12.2 Å². The second kappa shape index (κ2) is 8.64. The number of hydrogen-bond donors (Lipinski definition) is 2. The van der Waals surface area contributed by atoms with Crippen LogP contribution in [0.1, 0.15) is 36.5 Å². The number of thiocarbonyl (C=S) groups is 1.